The number of aryl methyl sites for hydroxylation is 1. The monoisotopic (exact) mass is 285 g/mol. The molecule has 0 unspecified atom stereocenters. The lowest BCUT2D eigenvalue weighted by molar-refractivity contribution is -0.121. The molecular weight excluding hydrogens is 266 g/mol. The molecule has 106 valence electrons. The predicted molar refractivity (Wildman–Crippen MR) is 74.7 cm³/mol. The van der Waals surface area contributed by atoms with Gasteiger partial charge in [0.15, 0.2) is 0 Å². The van der Waals surface area contributed by atoms with Gasteiger partial charge in [0.2, 0.25) is 5.91 Å². The summed E-state index contributed by atoms with van der Waals surface area (Å²) in [5.74, 6) is -1.41. The van der Waals surface area contributed by atoms with Crippen LogP contribution in [0.1, 0.15) is 36.8 Å². The van der Waals surface area contributed by atoms with E-state index in [0.29, 0.717) is 10.7 Å². The number of rotatable bonds is 3. The number of anilines is 1. The van der Waals surface area contributed by atoms with E-state index in [1.165, 1.54) is 11.9 Å². The predicted octanol–water partition coefficient (Wildman–Crippen LogP) is 1.49. The number of nitrogens with two attached hydrogens (primary N) is 1. The first-order valence-electron chi connectivity index (χ1n) is 5.80. The van der Waals surface area contributed by atoms with Crippen molar-refractivity contribution in [3.05, 3.63) is 11.3 Å². The fraction of sp³-hybridized carbons (Fsp3) is 0.583. The van der Waals surface area contributed by atoms with E-state index in [9.17, 15) is 9.59 Å². The molecule has 0 aliphatic carbocycles. The highest BCUT2D eigenvalue weighted by Crippen LogP contribution is 2.29. The minimum absolute atomic E-state index is 0.0574. The lowest BCUT2D eigenvalue weighted by atomic mass is 9.86. The van der Waals surface area contributed by atoms with E-state index in [1.807, 2.05) is 20.8 Å². The average Bonchev–Trinajstić information content (AvgIpc) is 2.66. The molecular formula is C12H19N3O3S. The molecule has 0 aliphatic heterocycles. The molecule has 1 aromatic rings. The second kappa shape index (κ2) is 5.26. The van der Waals surface area contributed by atoms with Crippen LogP contribution in [0.5, 0.6) is 0 Å². The number of carbonyl (C=O) groups is 2. The molecule has 1 heterocycles. The van der Waals surface area contributed by atoms with E-state index in [4.69, 9.17) is 10.8 Å². The van der Waals surface area contributed by atoms with Crippen molar-refractivity contribution in [2.75, 3.05) is 11.9 Å². The minimum Gasteiger partial charge on any atom is -0.478 e. The van der Waals surface area contributed by atoms with Crippen molar-refractivity contribution in [3.8, 4) is 0 Å². The highest BCUT2D eigenvalue weighted by molar-refractivity contribution is 7.11. The SMILES string of the molecule is Cc1nsc(N(C)C(=O)[C@H](N)C(C)(C)C)c1C(=O)O. The van der Waals surface area contributed by atoms with E-state index >= 15 is 0 Å². The molecule has 6 nitrogen and oxygen atoms in total. The maximum atomic E-state index is 12.3. The second-order valence-corrected chi connectivity index (χ2v) is 6.25. The van der Waals surface area contributed by atoms with Crippen molar-refractivity contribution < 1.29 is 14.7 Å². The number of carbonyl (C=O) groups excluding carboxylic acids is 1. The van der Waals surface area contributed by atoms with E-state index in [1.54, 1.807) is 6.92 Å². The van der Waals surface area contributed by atoms with Gasteiger partial charge in [-0.25, -0.2) is 4.79 Å². The van der Waals surface area contributed by atoms with Crippen molar-refractivity contribution >= 4 is 28.4 Å². The van der Waals surface area contributed by atoms with Crippen molar-refractivity contribution in [3.63, 3.8) is 0 Å². The highest BCUT2D eigenvalue weighted by atomic mass is 32.1. The molecule has 19 heavy (non-hydrogen) atoms. The molecule has 1 amide bonds. The van der Waals surface area contributed by atoms with E-state index < -0.39 is 17.4 Å². The minimum atomic E-state index is -1.09. The standard InChI is InChI=1S/C12H19N3O3S/c1-6-7(11(17)18)10(19-14-6)15(5)9(16)8(13)12(2,3)4/h8H,13H2,1-5H3,(H,17,18)/t8-/m0/s1. The Balaban J connectivity index is 3.11. The molecule has 0 saturated carbocycles. The van der Waals surface area contributed by atoms with Crippen molar-refractivity contribution in [2.45, 2.75) is 33.7 Å². The zero-order chi connectivity index (χ0) is 15.0. The summed E-state index contributed by atoms with van der Waals surface area (Å²) < 4.78 is 3.99. The molecule has 0 aliphatic rings. The third kappa shape index (κ3) is 3.10. The van der Waals surface area contributed by atoms with E-state index in [-0.39, 0.29) is 11.5 Å². The number of carboxylic acids is 1. The number of carboxylic acid groups (broad SMARTS) is 1. The van der Waals surface area contributed by atoms with Gasteiger partial charge in [0, 0.05) is 7.05 Å². The normalized spacial score (nSPS) is 13.2. The molecule has 1 rings (SSSR count). The molecule has 0 bridgehead atoms. The van der Waals surface area contributed by atoms with Gasteiger partial charge < -0.3 is 15.7 Å². The highest BCUT2D eigenvalue weighted by Gasteiger charge is 2.32. The van der Waals surface area contributed by atoms with Gasteiger partial charge in [-0.3, -0.25) is 4.79 Å². The van der Waals surface area contributed by atoms with Crippen LogP contribution in [0.2, 0.25) is 0 Å². The van der Waals surface area contributed by atoms with Crippen LogP contribution in [0.25, 0.3) is 0 Å². The largest absolute Gasteiger partial charge is 0.478 e. The summed E-state index contributed by atoms with van der Waals surface area (Å²) in [6.07, 6.45) is 0. The summed E-state index contributed by atoms with van der Waals surface area (Å²) >= 11 is 0.988. The van der Waals surface area contributed by atoms with Crippen LogP contribution in [-0.2, 0) is 4.79 Å². The fourth-order valence-electron chi connectivity index (χ4n) is 1.51. The molecule has 0 fully saturated rings. The quantitative estimate of drug-likeness (QED) is 0.877. The maximum Gasteiger partial charge on any atom is 0.340 e. The topological polar surface area (TPSA) is 96.5 Å². The van der Waals surface area contributed by atoms with E-state index in [2.05, 4.69) is 4.37 Å². The molecule has 7 heteroatoms. The molecule has 0 saturated heterocycles. The lowest BCUT2D eigenvalue weighted by Gasteiger charge is -2.29. The van der Waals surface area contributed by atoms with Gasteiger partial charge in [0.25, 0.3) is 0 Å². The van der Waals surface area contributed by atoms with Crippen LogP contribution in [0.3, 0.4) is 0 Å². The number of hydrogen-bond acceptors (Lipinski definition) is 5. The van der Waals surface area contributed by atoms with Crippen molar-refractivity contribution in [1.29, 1.82) is 0 Å². The summed E-state index contributed by atoms with van der Waals surface area (Å²) in [6, 6.07) is -0.707. The van der Waals surface area contributed by atoms with E-state index in [0.717, 1.165) is 11.5 Å². The van der Waals surface area contributed by atoms with Crippen LogP contribution >= 0.6 is 11.5 Å². The second-order valence-electron chi connectivity index (χ2n) is 5.49. The van der Waals surface area contributed by atoms with Crippen molar-refractivity contribution in [1.82, 2.24) is 4.37 Å². The molecule has 1 atom stereocenters. The molecule has 1 aromatic heterocycles. The van der Waals surface area contributed by atoms with Crippen LogP contribution in [0, 0.1) is 12.3 Å². The van der Waals surface area contributed by atoms with Gasteiger partial charge in [-0.05, 0) is 23.9 Å². The zero-order valence-corrected chi connectivity index (χ0v) is 12.5. The Morgan fingerprint density at radius 2 is 1.95 bits per heavy atom. The number of aromatic carboxylic acids is 1. The number of nitrogens with zero attached hydrogens (tertiary/aromatic N) is 2. The molecule has 0 spiro atoms. The van der Waals surface area contributed by atoms with Gasteiger partial charge in [0.05, 0.1) is 11.7 Å². The Labute approximate surface area is 116 Å². The Kier molecular flexibility index (Phi) is 4.32. The van der Waals surface area contributed by atoms with Crippen LogP contribution in [0.15, 0.2) is 0 Å². The summed E-state index contributed by atoms with van der Waals surface area (Å²) in [5, 5.41) is 9.48. The molecule has 3 N–H and O–H groups in total. The van der Waals surface area contributed by atoms with Crippen LogP contribution in [0.4, 0.5) is 5.00 Å². The van der Waals surface area contributed by atoms with Gasteiger partial charge in [-0.15, -0.1) is 0 Å². The maximum absolute atomic E-state index is 12.3. The summed E-state index contributed by atoms with van der Waals surface area (Å²) in [5.41, 5.74) is 5.97. The smallest absolute Gasteiger partial charge is 0.340 e. The number of hydrogen-bond donors (Lipinski definition) is 2. The lowest BCUT2D eigenvalue weighted by Crippen LogP contribution is -2.49. The molecule has 0 radical (unpaired) electrons. The number of aromatic nitrogens is 1. The Bertz CT molecular complexity index is 505. The average molecular weight is 285 g/mol. The Morgan fingerprint density at radius 3 is 2.37 bits per heavy atom. The number of amides is 1. The van der Waals surface area contributed by atoms with Crippen LogP contribution in [-0.4, -0.2) is 34.4 Å². The van der Waals surface area contributed by atoms with Gasteiger partial charge >= 0.3 is 5.97 Å². The Morgan fingerprint density at radius 1 is 1.42 bits per heavy atom. The summed E-state index contributed by atoms with van der Waals surface area (Å²) in [7, 11) is 1.52. The zero-order valence-electron chi connectivity index (χ0n) is 11.7. The Hall–Kier alpha value is -1.47. The summed E-state index contributed by atoms with van der Waals surface area (Å²) in [4.78, 5) is 24.7. The first kappa shape index (κ1) is 15.6. The third-order valence-corrected chi connectivity index (χ3v) is 3.91. The molecule has 0 aromatic carbocycles. The van der Waals surface area contributed by atoms with Gasteiger partial charge in [0.1, 0.15) is 10.6 Å². The number of likely N-dealkylation sites (N-methyl/N-ethyl adjacent to an activating group) is 1. The first-order valence-corrected chi connectivity index (χ1v) is 6.57. The first-order chi connectivity index (χ1) is 8.57. The van der Waals surface area contributed by atoms with Gasteiger partial charge in [-0.2, -0.15) is 4.37 Å². The summed E-state index contributed by atoms with van der Waals surface area (Å²) in [6.45, 7) is 7.18. The van der Waals surface area contributed by atoms with Crippen molar-refractivity contribution in [2.24, 2.45) is 11.1 Å². The third-order valence-electron chi connectivity index (χ3n) is 2.89. The fourth-order valence-corrected chi connectivity index (χ4v) is 2.37. The van der Waals surface area contributed by atoms with Crippen LogP contribution < -0.4 is 10.6 Å². The van der Waals surface area contributed by atoms with Gasteiger partial charge in [-0.1, -0.05) is 20.8 Å².